The Hall–Kier alpha value is -1.76. The third-order valence-corrected chi connectivity index (χ3v) is 5.53. The highest BCUT2D eigenvalue weighted by molar-refractivity contribution is 7.92. The molecular formula is C13H17N3O3S. The number of nitrogens with zero attached hydrogens (tertiary/aromatic N) is 3. The van der Waals surface area contributed by atoms with Crippen molar-refractivity contribution in [3.63, 3.8) is 0 Å². The van der Waals surface area contributed by atoms with Gasteiger partial charge in [-0.3, -0.25) is 9.78 Å². The molecule has 20 heavy (non-hydrogen) atoms. The van der Waals surface area contributed by atoms with Gasteiger partial charge in [-0.2, -0.15) is 5.10 Å². The van der Waals surface area contributed by atoms with Gasteiger partial charge in [-0.15, -0.1) is 0 Å². The van der Waals surface area contributed by atoms with Gasteiger partial charge >= 0.3 is 0 Å². The molecule has 0 aliphatic carbocycles. The van der Waals surface area contributed by atoms with E-state index in [4.69, 9.17) is 0 Å². The first-order valence-corrected chi connectivity index (χ1v) is 8.08. The minimum Gasteiger partial charge on any atom is -0.273 e. The Kier molecular flexibility index (Phi) is 3.64. The lowest BCUT2D eigenvalue weighted by molar-refractivity contribution is -0.128. The SMILES string of the molecule is CC(C)(CN1N=C(c2ccncc2)CC1=O)S(C)(=O)=O. The van der Waals surface area contributed by atoms with E-state index >= 15 is 0 Å². The van der Waals surface area contributed by atoms with Crippen LogP contribution in [0.15, 0.2) is 29.6 Å². The average Bonchev–Trinajstić information content (AvgIpc) is 2.70. The normalized spacial score (nSPS) is 16.4. The summed E-state index contributed by atoms with van der Waals surface area (Å²) in [5.74, 6) is -0.187. The quantitative estimate of drug-likeness (QED) is 0.824. The van der Waals surface area contributed by atoms with Crippen LogP contribution in [-0.2, 0) is 14.6 Å². The molecule has 0 N–H and O–H groups in total. The van der Waals surface area contributed by atoms with Gasteiger partial charge in [-0.05, 0) is 26.0 Å². The fourth-order valence-corrected chi connectivity index (χ4v) is 2.13. The van der Waals surface area contributed by atoms with E-state index < -0.39 is 14.6 Å². The molecule has 1 aliphatic rings. The summed E-state index contributed by atoms with van der Waals surface area (Å²) in [5, 5.41) is 5.49. The summed E-state index contributed by atoms with van der Waals surface area (Å²) in [6.45, 7) is 3.24. The minimum atomic E-state index is -3.27. The summed E-state index contributed by atoms with van der Waals surface area (Å²) in [7, 11) is -3.27. The maximum Gasteiger partial charge on any atom is 0.248 e. The first kappa shape index (κ1) is 14.6. The van der Waals surface area contributed by atoms with Crippen molar-refractivity contribution in [2.75, 3.05) is 12.8 Å². The fourth-order valence-electron chi connectivity index (χ4n) is 1.78. The molecule has 0 fully saturated rings. The molecule has 0 saturated carbocycles. The molecule has 1 amide bonds. The second kappa shape index (κ2) is 4.97. The molecule has 1 aliphatic heterocycles. The first-order valence-electron chi connectivity index (χ1n) is 6.18. The molecule has 0 aromatic carbocycles. The lowest BCUT2D eigenvalue weighted by Gasteiger charge is -2.26. The molecule has 0 unspecified atom stereocenters. The van der Waals surface area contributed by atoms with Crippen molar-refractivity contribution >= 4 is 21.5 Å². The molecule has 108 valence electrons. The number of rotatable bonds is 4. The van der Waals surface area contributed by atoms with Crippen molar-refractivity contribution in [3.8, 4) is 0 Å². The van der Waals surface area contributed by atoms with Crippen LogP contribution in [0.25, 0.3) is 0 Å². The van der Waals surface area contributed by atoms with Crippen LogP contribution in [-0.4, -0.2) is 47.6 Å². The molecule has 1 aromatic rings. The molecule has 0 radical (unpaired) electrons. The van der Waals surface area contributed by atoms with E-state index in [2.05, 4.69) is 10.1 Å². The molecule has 6 nitrogen and oxygen atoms in total. The van der Waals surface area contributed by atoms with Gasteiger partial charge in [-0.25, -0.2) is 13.4 Å². The van der Waals surface area contributed by atoms with Crippen LogP contribution < -0.4 is 0 Å². The summed E-state index contributed by atoms with van der Waals surface area (Å²) in [6.07, 6.45) is 4.61. The summed E-state index contributed by atoms with van der Waals surface area (Å²) >= 11 is 0. The Balaban J connectivity index is 2.23. The zero-order valence-electron chi connectivity index (χ0n) is 11.7. The van der Waals surface area contributed by atoms with Gasteiger partial charge in [0.05, 0.1) is 23.4 Å². The number of hydrogen-bond donors (Lipinski definition) is 0. The van der Waals surface area contributed by atoms with Crippen LogP contribution in [0.1, 0.15) is 25.8 Å². The fraction of sp³-hybridized carbons (Fsp3) is 0.462. The molecule has 7 heteroatoms. The Morgan fingerprint density at radius 1 is 1.30 bits per heavy atom. The molecule has 0 atom stereocenters. The van der Waals surface area contributed by atoms with Crippen LogP contribution in [0.4, 0.5) is 0 Å². The third-order valence-electron chi connectivity index (χ3n) is 3.40. The minimum absolute atomic E-state index is 0.0548. The number of hydrogen-bond acceptors (Lipinski definition) is 5. The standard InChI is InChI=1S/C13H17N3O3S/c1-13(2,20(3,18)19)9-16-12(17)8-11(15-16)10-4-6-14-7-5-10/h4-7H,8-9H2,1-3H3. The van der Waals surface area contributed by atoms with Crippen molar-refractivity contribution in [2.45, 2.75) is 25.0 Å². The van der Waals surface area contributed by atoms with Gasteiger partial charge < -0.3 is 0 Å². The number of amides is 1. The van der Waals surface area contributed by atoms with E-state index in [1.165, 1.54) is 11.3 Å². The van der Waals surface area contributed by atoms with Gasteiger partial charge in [0.2, 0.25) is 5.91 Å². The maximum atomic E-state index is 12.0. The highest BCUT2D eigenvalue weighted by Gasteiger charge is 2.36. The van der Waals surface area contributed by atoms with E-state index in [0.717, 1.165) is 5.56 Å². The van der Waals surface area contributed by atoms with E-state index in [1.54, 1.807) is 38.4 Å². The molecular weight excluding hydrogens is 278 g/mol. The highest BCUT2D eigenvalue weighted by Crippen LogP contribution is 2.21. The van der Waals surface area contributed by atoms with Gasteiger partial charge in [-0.1, -0.05) is 0 Å². The van der Waals surface area contributed by atoms with E-state index in [-0.39, 0.29) is 18.9 Å². The summed E-state index contributed by atoms with van der Waals surface area (Å²) in [6, 6.07) is 3.55. The predicted molar refractivity (Wildman–Crippen MR) is 76.0 cm³/mol. The summed E-state index contributed by atoms with van der Waals surface area (Å²) < 4.78 is 22.4. The third kappa shape index (κ3) is 2.87. The van der Waals surface area contributed by atoms with Gasteiger partial charge in [0.25, 0.3) is 0 Å². The average molecular weight is 295 g/mol. The highest BCUT2D eigenvalue weighted by atomic mass is 32.2. The molecule has 2 heterocycles. The molecule has 2 rings (SSSR count). The lowest BCUT2D eigenvalue weighted by Crippen LogP contribution is -2.42. The largest absolute Gasteiger partial charge is 0.273 e. The zero-order chi connectivity index (χ0) is 15.0. The molecule has 0 spiro atoms. The van der Waals surface area contributed by atoms with Crippen LogP contribution in [0.3, 0.4) is 0 Å². The Morgan fingerprint density at radius 3 is 2.45 bits per heavy atom. The Morgan fingerprint density at radius 2 is 1.90 bits per heavy atom. The number of aromatic nitrogens is 1. The predicted octanol–water partition coefficient (Wildman–Crippen LogP) is 0.841. The van der Waals surface area contributed by atoms with E-state index in [0.29, 0.717) is 5.71 Å². The van der Waals surface area contributed by atoms with Crippen molar-refractivity contribution in [1.29, 1.82) is 0 Å². The van der Waals surface area contributed by atoms with Crippen LogP contribution in [0.5, 0.6) is 0 Å². The van der Waals surface area contributed by atoms with Gasteiger partial charge in [0.1, 0.15) is 0 Å². The molecule has 0 saturated heterocycles. The van der Waals surface area contributed by atoms with Crippen LogP contribution in [0.2, 0.25) is 0 Å². The van der Waals surface area contributed by atoms with Crippen molar-refractivity contribution < 1.29 is 13.2 Å². The van der Waals surface area contributed by atoms with Crippen LogP contribution in [0, 0.1) is 0 Å². The second-order valence-corrected chi connectivity index (χ2v) is 8.09. The number of carbonyl (C=O) groups excluding carboxylic acids is 1. The number of hydrazone groups is 1. The second-order valence-electron chi connectivity index (χ2n) is 5.44. The number of pyridine rings is 1. The van der Waals surface area contributed by atoms with Gasteiger partial charge in [0, 0.05) is 24.2 Å². The smallest absolute Gasteiger partial charge is 0.248 e. The van der Waals surface area contributed by atoms with E-state index in [1.807, 2.05) is 0 Å². The van der Waals surface area contributed by atoms with Crippen molar-refractivity contribution in [1.82, 2.24) is 9.99 Å². The van der Waals surface area contributed by atoms with Crippen molar-refractivity contribution in [3.05, 3.63) is 30.1 Å². The lowest BCUT2D eigenvalue weighted by atomic mass is 10.1. The first-order chi connectivity index (χ1) is 9.21. The number of sulfone groups is 1. The Labute approximate surface area is 118 Å². The van der Waals surface area contributed by atoms with Crippen molar-refractivity contribution in [2.24, 2.45) is 5.10 Å². The van der Waals surface area contributed by atoms with E-state index in [9.17, 15) is 13.2 Å². The number of carbonyl (C=O) groups is 1. The Bertz CT molecular complexity index is 651. The topological polar surface area (TPSA) is 79.7 Å². The summed E-state index contributed by atoms with van der Waals surface area (Å²) in [5.41, 5.74) is 1.47. The molecule has 0 bridgehead atoms. The molecule has 1 aromatic heterocycles. The summed E-state index contributed by atoms with van der Waals surface area (Å²) in [4.78, 5) is 15.9. The zero-order valence-corrected chi connectivity index (χ0v) is 12.5. The van der Waals surface area contributed by atoms with Gasteiger partial charge in [0.15, 0.2) is 9.84 Å². The maximum absolute atomic E-state index is 12.0. The monoisotopic (exact) mass is 295 g/mol. The van der Waals surface area contributed by atoms with Crippen LogP contribution >= 0.6 is 0 Å².